The molecule has 2 rings (SSSR count). The molecule has 0 heterocycles. The fourth-order valence-electron chi connectivity index (χ4n) is 1.63. The van der Waals surface area contributed by atoms with Crippen molar-refractivity contribution in [1.82, 2.24) is 0 Å². The van der Waals surface area contributed by atoms with Gasteiger partial charge in [-0.15, -0.1) is 0 Å². The van der Waals surface area contributed by atoms with Crippen LogP contribution in [0.3, 0.4) is 0 Å². The van der Waals surface area contributed by atoms with Gasteiger partial charge >= 0.3 is 0 Å². The van der Waals surface area contributed by atoms with Crippen molar-refractivity contribution in [3.63, 3.8) is 0 Å². The van der Waals surface area contributed by atoms with E-state index >= 15 is 0 Å². The second kappa shape index (κ2) is 5.83. The van der Waals surface area contributed by atoms with Crippen LogP contribution in [0.5, 0.6) is 5.75 Å². The van der Waals surface area contributed by atoms with E-state index in [1.807, 2.05) is 12.1 Å². The summed E-state index contributed by atoms with van der Waals surface area (Å²) in [6, 6.07) is 13.3. The van der Waals surface area contributed by atoms with Gasteiger partial charge in [-0.1, -0.05) is 41.4 Å². The Kier molecular flexibility index (Phi) is 4.16. The topological polar surface area (TPSA) is 56.0 Å². The Morgan fingerprint density at radius 2 is 1.84 bits per heavy atom. The molecule has 96 valence electrons. The van der Waals surface area contributed by atoms with Crippen LogP contribution in [0.2, 0.25) is 10.0 Å². The van der Waals surface area contributed by atoms with Crippen LogP contribution in [0, 0.1) is 11.3 Å². The van der Waals surface area contributed by atoms with Crippen molar-refractivity contribution in [1.29, 1.82) is 5.26 Å². The van der Waals surface area contributed by atoms with Crippen molar-refractivity contribution in [2.75, 3.05) is 5.32 Å². The lowest BCUT2D eigenvalue weighted by molar-refractivity contribution is 0.475. The zero-order chi connectivity index (χ0) is 13.8. The molecule has 0 saturated carbocycles. The van der Waals surface area contributed by atoms with Gasteiger partial charge in [0.15, 0.2) is 0 Å². The minimum atomic E-state index is -0.599. The van der Waals surface area contributed by atoms with Crippen LogP contribution >= 0.6 is 23.2 Å². The first-order valence-corrected chi connectivity index (χ1v) is 6.26. The second-order valence-corrected chi connectivity index (χ2v) is 4.71. The molecule has 0 aromatic heterocycles. The van der Waals surface area contributed by atoms with Crippen LogP contribution in [0.25, 0.3) is 0 Å². The van der Waals surface area contributed by atoms with Crippen LogP contribution in [-0.4, -0.2) is 5.11 Å². The number of anilines is 1. The van der Waals surface area contributed by atoms with E-state index in [-0.39, 0.29) is 10.8 Å². The van der Waals surface area contributed by atoms with E-state index in [4.69, 9.17) is 23.2 Å². The number of nitriles is 1. The second-order valence-electron chi connectivity index (χ2n) is 3.90. The highest BCUT2D eigenvalue weighted by atomic mass is 35.5. The molecule has 0 aliphatic carbocycles. The number of hydrogen-bond donors (Lipinski definition) is 2. The van der Waals surface area contributed by atoms with E-state index in [0.29, 0.717) is 16.3 Å². The molecule has 0 bridgehead atoms. The third-order valence-electron chi connectivity index (χ3n) is 2.61. The van der Waals surface area contributed by atoms with E-state index in [1.54, 1.807) is 24.3 Å². The van der Waals surface area contributed by atoms with Gasteiger partial charge < -0.3 is 10.4 Å². The first kappa shape index (κ1) is 13.5. The summed E-state index contributed by atoms with van der Waals surface area (Å²) in [5.41, 5.74) is 1.32. The number of phenols is 1. The van der Waals surface area contributed by atoms with Crippen LogP contribution in [0.1, 0.15) is 11.6 Å². The number of hydrogen-bond acceptors (Lipinski definition) is 3. The number of halogens is 2. The Labute approximate surface area is 121 Å². The van der Waals surface area contributed by atoms with E-state index in [0.717, 1.165) is 0 Å². The van der Waals surface area contributed by atoms with Crippen molar-refractivity contribution in [3.05, 3.63) is 58.1 Å². The number of rotatable bonds is 3. The van der Waals surface area contributed by atoms with E-state index in [1.165, 1.54) is 6.07 Å². The minimum Gasteiger partial charge on any atom is -0.506 e. The van der Waals surface area contributed by atoms with Crippen molar-refractivity contribution >= 4 is 28.9 Å². The number of nitrogens with zero attached hydrogens (tertiary/aromatic N) is 1. The van der Waals surface area contributed by atoms with Gasteiger partial charge in [0.1, 0.15) is 11.8 Å². The third kappa shape index (κ3) is 3.11. The van der Waals surface area contributed by atoms with Crippen LogP contribution in [-0.2, 0) is 0 Å². The van der Waals surface area contributed by atoms with Crippen LogP contribution in [0.15, 0.2) is 42.5 Å². The van der Waals surface area contributed by atoms with E-state index in [2.05, 4.69) is 11.4 Å². The summed E-state index contributed by atoms with van der Waals surface area (Å²) in [5.74, 6) is -0.0140. The van der Waals surface area contributed by atoms with Gasteiger partial charge in [-0.25, -0.2) is 0 Å². The highest BCUT2D eigenvalue weighted by Crippen LogP contribution is 2.29. The Hall–Kier alpha value is -1.89. The molecule has 0 fully saturated rings. The lowest BCUT2D eigenvalue weighted by Crippen LogP contribution is -2.08. The van der Waals surface area contributed by atoms with E-state index < -0.39 is 6.04 Å². The average molecular weight is 293 g/mol. The summed E-state index contributed by atoms with van der Waals surface area (Å²) in [6.45, 7) is 0. The Morgan fingerprint density at radius 1 is 1.11 bits per heavy atom. The summed E-state index contributed by atoms with van der Waals surface area (Å²) in [7, 11) is 0. The van der Waals surface area contributed by atoms with Crippen molar-refractivity contribution in [2.24, 2.45) is 0 Å². The number of nitrogens with one attached hydrogen (secondary N) is 1. The number of para-hydroxylation sites is 1. The quantitative estimate of drug-likeness (QED) is 0.883. The minimum absolute atomic E-state index is 0.0140. The SMILES string of the molecule is N#CC(Nc1ccccc1Cl)c1ccc(O)c(Cl)c1. The van der Waals surface area contributed by atoms with Gasteiger partial charge in [0.05, 0.1) is 21.8 Å². The Balaban J connectivity index is 2.28. The maximum atomic E-state index is 9.38. The molecule has 0 aliphatic heterocycles. The summed E-state index contributed by atoms with van der Waals surface area (Å²) >= 11 is 11.9. The molecule has 1 unspecified atom stereocenters. The molecule has 19 heavy (non-hydrogen) atoms. The predicted octanol–water partition coefficient (Wildman–Crippen LogP) is 4.38. The first-order valence-electron chi connectivity index (χ1n) is 5.51. The molecule has 2 N–H and O–H groups in total. The predicted molar refractivity (Wildman–Crippen MR) is 76.5 cm³/mol. The lowest BCUT2D eigenvalue weighted by Gasteiger charge is -2.15. The summed E-state index contributed by atoms with van der Waals surface area (Å²) in [4.78, 5) is 0. The molecule has 1 atom stereocenters. The number of aromatic hydroxyl groups is 1. The van der Waals surface area contributed by atoms with Crippen LogP contribution in [0.4, 0.5) is 5.69 Å². The zero-order valence-corrected chi connectivity index (χ0v) is 11.3. The Morgan fingerprint density at radius 3 is 2.47 bits per heavy atom. The summed E-state index contributed by atoms with van der Waals surface area (Å²) < 4.78 is 0. The molecule has 0 aliphatic rings. The highest BCUT2D eigenvalue weighted by molar-refractivity contribution is 6.33. The number of phenolic OH excluding ortho intramolecular Hbond substituents is 1. The fraction of sp³-hybridized carbons (Fsp3) is 0.0714. The molecule has 5 heteroatoms. The molecule has 0 saturated heterocycles. The van der Waals surface area contributed by atoms with Gasteiger partial charge in [0, 0.05) is 0 Å². The monoisotopic (exact) mass is 292 g/mol. The van der Waals surface area contributed by atoms with Gasteiger partial charge in [-0.05, 0) is 29.8 Å². The zero-order valence-electron chi connectivity index (χ0n) is 9.77. The first-order chi connectivity index (χ1) is 9.11. The number of benzene rings is 2. The lowest BCUT2D eigenvalue weighted by atomic mass is 10.1. The third-order valence-corrected chi connectivity index (χ3v) is 3.24. The normalized spacial score (nSPS) is 11.6. The maximum Gasteiger partial charge on any atom is 0.140 e. The maximum absolute atomic E-state index is 9.38. The van der Waals surface area contributed by atoms with Crippen molar-refractivity contribution in [3.8, 4) is 11.8 Å². The fourth-order valence-corrected chi connectivity index (χ4v) is 2.01. The highest BCUT2D eigenvalue weighted by Gasteiger charge is 2.13. The molecule has 2 aromatic rings. The molecule has 0 amide bonds. The molecular weight excluding hydrogens is 283 g/mol. The summed E-state index contributed by atoms with van der Waals surface area (Å²) in [5, 5.41) is 22.4. The molecule has 0 radical (unpaired) electrons. The smallest absolute Gasteiger partial charge is 0.140 e. The largest absolute Gasteiger partial charge is 0.506 e. The van der Waals surface area contributed by atoms with E-state index in [9.17, 15) is 10.4 Å². The van der Waals surface area contributed by atoms with Gasteiger partial charge in [0.25, 0.3) is 0 Å². The molecular formula is C14H10Cl2N2O. The van der Waals surface area contributed by atoms with Gasteiger partial charge in [-0.3, -0.25) is 0 Å². The molecule has 3 nitrogen and oxygen atoms in total. The van der Waals surface area contributed by atoms with Crippen molar-refractivity contribution < 1.29 is 5.11 Å². The Bertz CT molecular complexity index is 638. The van der Waals surface area contributed by atoms with Crippen LogP contribution < -0.4 is 5.32 Å². The molecule has 2 aromatic carbocycles. The average Bonchev–Trinajstić information content (AvgIpc) is 2.41. The standard InChI is InChI=1S/C14H10Cl2N2O/c15-10-3-1-2-4-12(10)18-13(8-17)9-5-6-14(19)11(16)7-9/h1-7,13,18-19H. The van der Waals surface area contributed by atoms with Gasteiger partial charge in [-0.2, -0.15) is 5.26 Å². The molecule has 0 spiro atoms. The van der Waals surface area contributed by atoms with Crippen molar-refractivity contribution in [2.45, 2.75) is 6.04 Å². The van der Waals surface area contributed by atoms with Gasteiger partial charge in [0.2, 0.25) is 0 Å². The summed E-state index contributed by atoms with van der Waals surface area (Å²) in [6.07, 6.45) is 0.